The quantitative estimate of drug-likeness (QED) is 0.856. The summed E-state index contributed by atoms with van der Waals surface area (Å²) >= 11 is 0. The first-order valence-electron chi connectivity index (χ1n) is 8.06. The molecule has 134 valence electrons. The Kier molecular flexibility index (Phi) is 4.99. The van der Waals surface area contributed by atoms with E-state index in [9.17, 15) is 16.8 Å². The average molecular weight is 380 g/mol. The van der Waals surface area contributed by atoms with E-state index in [0.29, 0.717) is 6.54 Å². The Bertz CT molecular complexity index is 936. The molecule has 2 atom stereocenters. The van der Waals surface area contributed by atoms with Gasteiger partial charge in [-0.15, -0.1) is 0 Å². The van der Waals surface area contributed by atoms with Gasteiger partial charge < -0.3 is 5.32 Å². The lowest BCUT2D eigenvalue weighted by atomic mass is 10.1. The van der Waals surface area contributed by atoms with Gasteiger partial charge >= 0.3 is 0 Å². The van der Waals surface area contributed by atoms with Gasteiger partial charge in [0.25, 0.3) is 0 Å². The number of nitrogens with one attached hydrogen (secondary N) is 1. The third-order valence-corrected chi connectivity index (χ3v) is 8.63. The Hall–Kier alpha value is -1.70. The number of aryl methyl sites for hydroxylation is 1. The first kappa shape index (κ1) is 18.1. The van der Waals surface area contributed by atoms with E-state index in [1.165, 1.54) is 12.1 Å². The minimum atomic E-state index is -3.71. The molecule has 1 N–H and O–H groups in total. The maximum Gasteiger partial charge on any atom is 0.183 e. The van der Waals surface area contributed by atoms with Crippen LogP contribution in [0.5, 0.6) is 0 Å². The molecule has 0 amide bonds. The van der Waals surface area contributed by atoms with Crippen LogP contribution in [0.2, 0.25) is 0 Å². The van der Waals surface area contributed by atoms with Crippen molar-refractivity contribution in [2.75, 3.05) is 11.5 Å². The summed E-state index contributed by atoms with van der Waals surface area (Å²) in [5.74, 6) is -0.495. The SMILES string of the molecule is Cc1ccc(CN[C@H]2CS(=O)(=O)C[C@@H]2S(=O)(=O)c2ccccc2)cc1. The van der Waals surface area contributed by atoms with Crippen molar-refractivity contribution in [1.29, 1.82) is 0 Å². The van der Waals surface area contributed by atoms with Crippen LogP contribution < -0.4 is 5.32 Å². The number of hydrogen-bond donors (Lipinski definition) is 1. The van der Waals surface area contributed by atoms with E-state index in [4.69, 9.17) is 0 Å². The van der Waals surface area contributed by atoms with Crippen molar-refractivity contribution in [3.63, 3.8) is 0 Å². The van der Waals surface area contributed by atoms with Gasteiger partial charge in [-0.1, -0.05) is 48.0 Å². The molecule has 0 radical (unpaired) electrons. The lowest BCUT2D eigenvalue weighted by Gasteiger charge is -2.20. The summed E-state index contributed by atoms with van der Waals surface area (Å²) in [6.45, 7) is 2.42. The molecular weight excluding hydrogens is 358 g/mol. The van der Waals surface area contributed by atoms with Crippen LogP contribution in [-0.4, -0.2) is 39.6 Å². The van der Waals surface area contributed by atoms with E-state index >= 15 is 0 Å². The van der Waals surface area contributed by atoms with Gasteiger partial charge in [-0.25, -0.2) is 16.8 Å². The highest BCUT2D eigenvalue weighted by molar-refractivity contribution is 7.96. The van der Waals surface area contributed by atoms with Crippen LogP contribution in [0.25, 0.3) is 0 Å². The van der Waals surface area contributed by atoms with Gasteiger partial charge in [-0.2, -0.15) is 0 Å². The van der Waals surface area contributed by atoms with Gasteiger partial charge in [-0.3, -0.25) is 0 Å². The summed E-state index contributed by atoms with van der Waals surface area (Å²) in [6, 6.07) is 15.3. The summed E-state index contributed by atoms with van der Waals surface area (Å²) < 4.78 is 49.9. The summed E-state index contributed by atoms with van der Waals surface area (Å²) in [5.41, 5.74) is 2.13. The highest BCUT2D eigenvalue weighted by Gasteiger charge is 2.45. The van der Waals surface area contributed by atoms with E-state index in [-0.39, 0.29) is 16.4 Å². The molecule has 3 rings (SSSR count). The highest BCUT2D eigenvalue weighted by atomic mass is 32.2. The number of rotatable bonds is 5. The van der Waals surface area contributed by atoms with Crippen LogP contribution in [0.3, 0.4) is 0 Å². The first-order valence-corrected chi connectivity index (χ1v) is 11.4. The first-order chi connectivity index (χ1) is 11.8. The molecule has 2 aromatic rings. The van der Waals surface area contributed by atoms with Gasteiger partial charge in [0.15, 0.2) is 19.7 Å². The van der Waals surface area contributed by atoms with Crippen molar-refractivity contribution in [3.05, 3.63) is 65.7 Å². The van der Waals surface area contributed by atoms with Crippen LogP contribution in [0.4, 0.5) is 0 Å². The molecule has 1 heterocycles. The van der Waals surface area contributed by atoms with Crippen LogP contribution in [0.1, 0.15) is 11.1 Å². The van der Waals surface area contributed by atoms with E-state index < -0.39 is 31.0 Å². The molecule has 1 aliphatic rings. The number of sulfone groups is 2. The topological polar surface area (TPSA) is 80.3 Å². The summed E-state index contributed by atoms with van der Waals surface area (Å²) in [5, 5.41) is 2.17. The van der Waals surface area contributed by atoms with Crippen LogP contribution in [-0.2, 0) is 26.2 Å². The second-order valence-corrected chi connectivity index (χ2v) is 10.8. The summed E-state index contributed by atoms with van der Waals surface area (Å²) in [7, 11) is -7.10. The zero-order chi connectivity index (χ0) is 18.1. The van der Waals surface area contributed by atoms with E-state index in [1.807, 2.05) is 31.2 Å². The second kappa shape index (κ2) is 6.90. The van der Waals surface area contributed by atoms with Gasteiger partial charge in [-0.05, 0) is 24.6 Å². The smallest absolute Gasteiger partial charge is 0.183 e. The van der Waals surface area contributed by atoms with Crippen molar-refractivity contribution < 1.29 is 16.8 Å². The van der Waals surface area contributed by atoms with Crippen molar-refractivity contribution in [1.82, 2.24) is 5.32 Å². The molecule has 25 heavy (non-hydrogen) atoms. The molecule has 0 bridgehead atoms. The van der Waals surface area contributed by atoms with Crippen molar-refractivity contribution in [2.45, 2.75) is 29.7 Å². The molecule has 0 spiro atoms. The van der Waals surface area contributed by atoms with E-state index in [1.54, 1.807) is 18.2 Å². The fraction of sp³-hybridized carbons (Fsp3) is 0.333. The Morgan fingerprint density at radius 2 is 1.64 bits per heavy atom. The molecule has 1 fully saturated rings. The Balaban J connectivity index is 1.83. The number of benzene rings is 2. The average Bonchev–Trinajstić information content (AvgIpc) is 2.91. The molecule has 5 nitrogen and oxygen atoms in total. The maximum absolute atomic E-state index is 12.9. The van der Waals surface area contributed by atoms with Crippen molar-refractivity contribution in [3.8, 4) is 0 Å². The predicted molar refractivity (Wildman–Crippen MR) is 97.9 cm³/mol. The molecule has 0 unspecified atom stereocenters. The summed E-state index contributed by atoms with van der Waals surface area (Å²) in [6.07, 6.45) is 0. The van der Waals surface area contributed by atoms with Crippen LogP contribution in [0, 0.1) is 6.92 Å². The van der Waals surface area contributed by atoms with Gasteiger partial charge in [0, 0.05) is 12.6 Å². The number of hydrogen-bond acceptors (Lipinski definition) is 5. The molecular formula is C18H21NO4S2. The second-order valence-electron chi connectivity index (χ2n) is 6.45. The monoisotopic (exact) mass is 379 g/mol. The van der Waals surface area contributed by atoms with Crippen molar-refractivity contribution >= 4 is 19.7 Å². The predicted octanol–water partition coefficient (Wildman–Crippen LogP) is 1.72. The lowest BCUT2D eigenvalue weighted by molar-refractivity contribution is 0.526. The molecule has 0 aliphatic carbocycles. The van der Waals surface area contributed by atoms with Gasteiger partial charge in [0.2, 0.25) is 0 Å². The molecule has 2 aromatic carbocycles. The Morgan fingerprint density at radius 3 is 2.28 bits per heavy atom. The molecule has 0 aromatic heterocycles. The minimum Gasteiger partial charge on any atom is -0.308 e. The zero-order valence-electron chi connectivity index (χ0n) is 13.9. The third-order valence-electron chi connectivity index (χ3n) is 4.46. The minimum absolute atomic E-state index is 0.157. The van der Waals surface area contributed by atoms with Crippen LogP contribution in [0.15, 0.2) is 59.5 Å². The molecule has 1 saturated heterocycles. The van der Waals surface area contributed by atoms with E-state index in [2.05, 4.69) is 5.32 Å². The van der Waals surface area contributed by atoms with Gasteiger partial charge in [0.1, 0.15) is 0 Å². The van der Waals surface area contributed by atoms with E-state index in [0.717, 1.165) is 11.1 Å². The fourth-order valence-electron chi connectivity index (χ4n) is 3.05. The third kappa shape index (κ3) is 4.11. The molecule has 1 aliphatic heterocycles. The molecule has 0 saturated carbocycles. The van der Waals surface area contributed by atoms with Crippen LogP contribution >= 0.6 is 0 Å². The fourth-order valence-corrected chi connectivity index (χ4v) is 7.79. The van der Waals surface area contributed by atoms with Crippen molar-refractivity contribution in [2.24, 2.45) is 0 Å². The standard InChI is InChI=1S/C18H21NO4S2/c1-14-7-9-15(10-8-14)11-19-17-12-24(20,21)13-18(17)25(22,23)16-5-3-2-4-6-16/h2-10,17-19H,11-13H2,1H3/t17-,18-/m0/s1. The largest absolute Gasteiger partial charge is 0.308 e. The maximum atomic E-state index is 12.9. The van der Waals surface area contributed by atoms with Gasteiger partial charge in [0.05, 0.1) is 21.7 Å². The zero-order valence-corrected chi connectivity index (χ0v) is 15.6. The summed E-state index contributed by atoms with van der Waals surface area (Å²) in [4.78, 5) is 0.166. The molecule has 7 heteroatoms. The lowest BCUT2D eigenvalue weighted by Crippen LogP contribution is -2.43. The Labute approximate surface area is 148 Å². The highest BCUT2D eigenvalue weighted by Crippen LogP contribution is 2.26. The Morgan fingerprint density at radius 1 is 1.00 bits per heavy atom. The normalized spacial score (nSPS) is 22.8.